The summed E-state index contributed by atoms with van der Waals surface area (Å²) < 4.78 is 2.31. The van der Waals surface area contributed by atoms with E-state index in [0.29, 0.717) is 14.8 Å². The minimum atomic E-state index is 0.00681. The van der Waals surface area contributed by atoms with Crippen LogP contribution in [-0.2, 0) is 0 Å². The van der Waals surface area contributed by atoms with Crippen LogP contribution in [0, 0.1) is 9.49 Å². The van der Waals surface area contributed by atoms with Crippen LogP contribution in [0.1, 0.15) is 45.1 Å². The highest BCUT2D eigenvalue weighted by Gasteiger charge is 2.23. The molecule has 0 saturated heterocycles. The van der Waals surface area contributed by atoms with Gasteiger partial charge >= 0.3 is 0 Å². The minimum absolute atomic E-state index is 0.00681. The summed E-state index contributed by atoms with van der Waals surface area (Å²) in [6.45, 7) is 2.22. The SMILES string of the molecule is CCC1CCCC(n2cnc(Cl)c(I)c2=O)C1. The zero-order chi connectivity index (χ0) is 12.4. The van der Waals surface area contributed by atoms with Gasteiger partial charge in [0.15, 0.2) is 0 Å². The molecule has 1 aromatic heterocycles. The second kappa shape index (κ2) is 5.69. The lowest BCUT2D eigenvalue weighted by molar-refractivity contribution is 0.255. The monoisotopic (exact) mass is 366 g/mol. The Hall–Kier alpha value is -0.100. The molecular formula is C12H16ClIN2O. The Labute approximate surface area is 120 Å². The van der Waals surface area contributed by atoms with E-state index in [1.165, 1.54) is 19.3 Å². The smallest absolute Gasteiger partial charge is 0.268 e. The van der Waals surface area contributed by atoms with Crippen LogP contribution in [0.3, 0.4) is 0 Å². The van der Waals surface area contributed by atoms with Crippen molar-refractivity contribution < 1.29 is 0 Å². The molecule has 0 amide bonds. The lowest BCUT2D eigenvalue weighted by atomic mass is 9.84. The molecule has 0 N–H and O–H groups in total. The molecule has 2 unspecified atom stereocenters. The molecule has 17 heavy (non-hydrogen) atoms. The van der Waals surface area contributed by atoms with Crippen molar-refractivity contribution in [2.45, 2.75) is 45.1 Å². The average Bonchev–Trinajstić information content (AvgIpc) is 2.36. The highest BCUT2D eigenvalue weighted by Crippen LogP contribution is 2.33. The molecule has 2 rings (SSSR count). The van der Waals surface area contributed by atoms with Crippen molar-refractivity contribution in [2.75, 3.05) is 0 Å². The summed E-state index contributed by atoms with van der Waals surface area (Å²) in [5, 5.41) is 0.315. The van der Waals surface area contributed by atoms with Crippen molar-refractivity contribution in [1.29, 1.82) is 0 Å². The Balaban J connectivity index is 2.28. The molecule has 3 nitrogen and oxygen atoms in total. The van der Waals surface area contributed by atoms with E-state index in [1.807, 2.05) is 22.6 Å². The quantitative estimate of drug-likeness (QED) is 0.591. The molecule has 94 valence electrons. The lowest BCUT2D eigenvalue weighted by Gasteiger charge is -2.29. The Morgan fingerprint density at radius 1 is 1.59 bits per heavy atom. The minimum Gasteiger partial charge on any atom is -0.295 e. The largest absolute Gasteiger partial charge is 0.295 e. The van der Waals surface area contributed by atoms with Crippen LogP contribution < -0.4 is 5.56 Å². The first kappa shape index (κ1) is 13.3. The number of hydrogen-bond donors (Lipinski definition) is 0. The van der Waals surface area contributed by atoms with Gasteiger partial charge in [-0.25, -0.2) is 4.98 Å². The van der Waals surface area contributed by atoms with Gasteiger partial charge in [0, 0.05) is 6.04 Å². The zero-order valence-corrected chi connectivity index (χ0v) is 12.7. The summed E-state index contributed by atoms with van der Waals surface area (Å²) in [5.74, 6) is 0.744. The number of aromatic nitrogens is 2. The van der Waals surface area contributed by atoms with Crippen LogP contribution in [-0.4, -0.2) is 9.55 Å². The van der Waals surface area contributed by atoms with Gasteiger partial charge in [0.05, 0.1) is 6.33 Å². The number of rotatable bonds is 2. The van der Waals surface area contributed by atoms with Crippen molar-refractivity contribution in [3.8, 4) is 0 Å². The molecule has 1 aliphatic rings. The van der Waals surface area contributed by atoms with E-state index in [9.17, 15) is 4.79 Å². The third kappa shape index (κ3) is 2.84. The summed E-state index contributed by atoms with van der Waals surface area (Å²) in [6.07, 6.45) is 7.47. The summed E-state index contributed by atoms with van der Waals surface area (Å²) in [4.78, 5) is 16.2. The van der Waals surface area contributed by atoms with Crippen LogP contribution in [0.15, 0.2) is 11.1 Å². The van der Waals surface area contributed by atoms with Gasteiger partial charge in [0.2, 0.25) is 0 Å². The van der Waals surface area contributed by atoms with E-state index in [1.54, 1.807) is 10.9 Å². The fourth-order valence-electron chi connectivity index (χ4n) is 2.57. The Bertz CT molecular complexity index is 460. The zero-order valence-electron chi connectivity index (χ0n) is 9.83. The predicted molar refractivity (Wildman–Crippen MR) is 77.5 cm³/mol. The number of nitrogens with zero attached hydrogens (tertiary/aromatic N) is 2. The molecular weight excluding hydrogens is 351 g/mol. The maximum absolute atomic E-state index is 12.1. The number of halogens is 2. The molecule has 1 aromatic rings. The van der Waals surface area contributed by atoms with Crippen molar-refractivity contribution >= 4 is 34.2 Å². The fourth-order valence-corrected chi connectivity index (χ4v) is 3.11. The van der Waals surface area contributed by atoms with Crippen molar-refractivity contribution in [3.63, 3.8) is 0 Å². The summed E-state index contributed by atoms with van der Waals surface area (Å²) in [7, 11) is 0. The Morgan fingerprint density at radius 3 is 3.06 bits per heavy atom. The normalized spacial score (nSPS) is 24.9. The van der Waals surface area contributed by atoms with Crippen LogP contribution in [0.25, 0.3) is 0 Å². The summed E-state index contributed by atoms with van der Waals surface area (Å²) in [6, 6.07) is 0.305. The van der Waals surface area contributed by atoms with Gasteiger partial charge in [0.25, 0.3) is 5.56 Å². The molecule has 0 spiro atoms. The first-order valence-electron chi connectivity index (χ1n) is 6.05. The third-order valence-electron chi connectivity index (χ3n) is 3.62. The van der Waals surface area contributed by atoms with Gasteiger partial charge in [-0.3, -0.25) is 9.36 Å². The molecule has 1 saturated carbocycles. The molecule has 2 atom stereocenters. The van der Waals surface area contributed by atoms with E-state index in [-0.39, 0.29) is 5.56 Å². The molecule has 0 bridgehead atoms. The molecule has 0 radical (unpaired) electrons. The van der Waals surface area contributed by atoms with Crippen LogP contribution in [0.2, 0.25) is 5.15 Å². The van der Waals surface area contributed by atoms with Crippen LogP contribution >= 0.6 is 34.2 Å². The molecule has 1 heterocycles. The maximum Gasteiger partial charge on any atom is 0.268 e. The highest BCUT2D eigenvalue weighted by molar-refractivity contribution is 14.1. The van der Waals surface area contributed by atoms with E-state index in [2.05, 4.69) is 11.9 Å². The molecule has 0 aromatic carbocycles. The third-order valence-corrected chi connectivity index (χ3v) is 5.20. The first-order chi connectivity index (χ1) is 8.13. The summed E-state index contributed by atoms with van der Waals surface area (Å²) in [5.41, 5.74) is 0.00681. The van der Waals surface area contributed by atoms with E-state index < -0.39 is 0 Å². The Kier molecular flexibility index (Phi) is 4.47. The van der Waals surface area contributed by atoms with Gasteiger partial charge in [-0.15, -0.1) is 0 Å². The predicted octanol–water partition coefficient (Wildman–Crippen LogP) is 3.64. The van der Waals surface area contributed by atoms with Gasteiger partial charge < -0.3 is 0 Å². The average molecular weight is 367 g/mol. The van der Waals surface area contributed by atoms with Crippen molar-refractivity contribution in [3.05, 3.63) is 25.4 Å². The molecule has 1 fully saturated rings. The van der Waals surface area contributed by atoms with E-state index >= 15 is 0 Å². The number of hydrogen-bond acceptors (Lipinski definition) is 2. The topological polar surface area (TPSA) is 34.9 Å². The van der Waals surface area contributed by atoms with Gasteiger partial charge in [-0.05, 0) is 41.4 Å². The molecule has 1 aliphatic carbocycles. The van der Waals surface area contributed by atoms with Gasteiger partial charge in [-0.2, -0.15) is 0 Å². The highest BCUT2D eigenvalue weighted by atomic mass is 127. The molecule has 0 aliphatic heterocycles. The molecule has 5 heteroatoms. The fraction of sp³-hybridized carbons (Fsp3) is 0.667. The standard InChI is InChI=1S/C12H16ClIN2O/c1-2-8-4-3-5-9(6-8)16-7-15-11(13)10(14)12(16)17/h7-9H,2-6H2,1H3. The van der Waals surface area contributed by atoms with Gasteiger partial charge in [-0.1, -0.05) is 37.8 Å². The Morgan fingerprint density at radius 2 is 2.35 bits per heavy atom. The maximum atomic E-state index is 12.1. The van der Waals surface area contributed by atoms with E-state index in [0.717, 1.165) is 18.8 Å². The first-order valence-corrected chi connectivity index (χ1v) is 7.51. The van der Waals surface area contributed by atoms with Crippen LogP contribution in [0.5, 0.6) is 0 Å². The van der Waals surface area contributed by atoms with Crippen molar-refractivity contribution in [2.24, 2.45) is 5.92 Å². The summed E-state index contributed by atoms with van der Waals surface area (Å²) >= 11 is 7.83. The lowest BCUT2D eigenvalue weighted by Crippen LogP contribution is -2.30. The second-order valence-electron chi connectivity index (χ2n) is 4.66. The van der Waals surface area contributed by atoms with Gasteiger partial charge in [0.1, 0.15) is 8.72 Å². The second-order valence-corrected chi connectivity index (χ2v) is 6.09. The van der Waals surface area contributed by atoms with E-state index in [4.69, 9.17) is 11.6 Å². The van der Waals surface area contributed by atoms with Crippen LogP contribution in [0.4, 0.5) is 0 Å². The van der Waals surface area contributed by atoms with Crippen molar-refractivity contribution in [1.82, 2.24) is 9.55 Å².